The number of hydrogen-bond acceptors (Lipinski definition) is 8. The molecular formula is C41H42N2O7SSi. The zero-order chi connectivity index (χ0) is 37.3. The molecule has 1 aliphatic rings. The Kier molecular flexibility index (Phi) is 10.1. The molecule has 6 rings (SSSR count). The zero-order valence-corrected chi connectivity index (χ0v) is 31.6. The van der Waals surface area contributed by atoms with Crippen molar-refractivity contribution in [3.05, 3.63) is 165 Å². The maximum absolute atomic E-state index is 14.5. The van der Waals surface area contributed by atoms with E-state index in [1.54, 1.807) is 6.07 Å². The van der Waals surface area contributed by atoms with E-state index in [1.807, 2.05) is 91.0 Å². The quantitative estimate of drug-likeness (QED) is 0.0641. The van der Waals surface area contributed by atoms with Crippen molar-refractivity contribution in [2.75, 3.05) is 6.61 Å². The van der Waals surface area contributed by atoms with Gasteiger partial charge in [0.05, 0.1) is 17.6 Å². The van der Waals surface area contributed by atoms with Crippen molar-refractivity contribution in [3.8, 4) is 11.5 Å². The number of Topliss-reactive ketones (excluding diaryl/α,β-unsaturated/α-hetero) is 1. The number of thiocarbonyl (C=S) groups is 1. The highest BCUT2D eigenvalue weighted by Gasteiger charge is 2.55. The lowest BCUT2D eigenvalue weighted by atomic mass is 9.80. The smallest absolute Gasteiger partial charge is 0.331 e. The molecule has 1 fully saturated rings. The van der Waals surface area contributed by atoms with Crippen molar-refractivity contribution in [1.29, 1.82) is 0 Å². The molecular weight excluding hydrogens is 693 g/mol. The van der Waals surface area contributed by atoms with Gasteiger partial charge in [-0.1, -0.05) is 124 Å². The number of nitrogens with zero attached hydrogens (tertiary/aromatic N) is 1. The van der Waals surface area contributed by atoms with Crippen LogP contribution in [0.3, 0.4) is 0 Å². The number of phenolic OH excluding ortho intramolecular Hbond substituents is 1. The summed E-state index contributed by atoms with van der Waals surface area (Å²) in [5.41, 5.74) is -1.86. The van der Waals surface area contributed by atoms with E-state index >= 15 is 0 Å². The first kappa shape index (κ1) is 36.8. The summed E-state index contributed by atoms with van der Waals surface area (Å²) in [5, 5.41) is 10.3. The molecule has 268 valence electrons. The number of carbonyl (C=O) groups is 1. The van der Waals surface area contributed by atoms with Crippen molar-refractivity contribution in [1.82, 2.24) is 9.55 Å². The van der Waals surface area contributed by atoms with Crippen LogP contribution in [0.25, 0.3) is 0 Å². The number of H-pyrrole nitrogens is 1. The van der Waals surface area contributed by atoms with E-state index in [1.165, 1.54) is 18.3 Å². The van der Waals surface area contributed by atoms with Gasteiger partial charge in [-0.05, 0) is 47.0 Å². The summed E-state index contributed by atoms with van der Waals surface area (Å²) >= 11 is 6.11. The Morgan fingerprint density at radius 1 is 0.885 bits per heavy atom. The van der Waals surface area contributed by atoms with Crippen LogP contribution in [0.5, 0.6) is 11.5 Å². The van der Waals surface area contributed by atoms with Gasteiger partial charge in [0.1, 0.15) is 17.1 Å². The van der Waals surface area contributed by atoms with Crippen molar-refractivity contribution in [2.45, 2.75) is 62.8 Å². The van der Waals surface area contributed by atoms with Gasteiger partial charge in [-0.3, -0.25) is 19.1 Å². The predicted octanol–water partition coefficient (Wildman–Crippen LogP) is 7.06. The second kappa shape index (κ2) is 14.2. The molecule has 4 aromatic carbocycles. The van der Waals surface area contributed by atoms with E-state index in [9.17, 15) is 19.5 Å². The molecule has 0 radical (unpaired) electrons. The fraction of sp³-hybridized carbons (Fsp3) is 0.268. The minimum absolute atomic E-state index is 0.0525. The molecule has 52 heavy (non-hydrogen) atoms. The van der Waals surface area contributed by atoms with Gasteiger partial charge in [-0.15, -0.1) is 0 Å². The molecule has 0 aliphatic carbocycles. The Bertz CT molecular complexity index is 2100. The summed E-state index contributed by atoms with van der Waals surface area (Å²) in [6, 6.07) is 35.1. The van der Waals surface area contributed by atoms with E-state index in [0.29, 0.717) is 5.56 Å². The van der Waals surface area contributed by atoms with Gasteiger partial charge in [-0.2, -0.15) is 0 Å². The number of phenols is 1. The van der Waals surface area contributed by atoms with Gasteiger partial charge in [0.15, 0.2) is 5.78 Å². The first-order chi connectivity index (χ1) is 24.7. The van der Waals surface area contributed by atoms with E-state index in [-0.39, 0.29) is 34.4 Å². The summed E-state index contributed by atoms with van der Waals surface area (Å²) in [4.78, 5) is 42.4. The number of benzene rings is 4. The standard InChI is InChI=1S/C41H42N2O7SSi/c1-39(2,3)52(4,5)50-34-25-31(44)21-22-33(34)37(51)41(43-24-23-36(46)42-38(43)47)35(45)26-32(49-41)27-48-40(28-15-9-6-10-16-28,29-17-11-7-12-18-29)30-19-13-8-14-20-30/h6-25,32,44H,26-27H2,1-5H3,(H,42,46,47)/t32-,41-/m1/s1. The van der Waals surface area contributed by atoms with Crippen LogP contribution in [0.15, 0.2) is 131 Å². The minimum atomic E-state index is -2.50. The maximum Gasteiger partial charge on any atom is 0.331 e. The second-order valence-corrected chi connectivity index (χ2v) is 19.6. The number of ether oxygens (including phenoxy) is 2. The van der Waals surface area contributed by atoms with Crippen LogP contribution in [0.2, 0.25) is 18.1 Å². The molecule has 0 spiro atoms. The van der Waals surface area contributed by atoms with Crippen LogP contribution in [-0.4, -0.2) is 46.3 Å². The average molecular weight is 735 g/mol. The number of aromatic hydroxyl groups is 1. The largest absolute Gasteiger partial charge is 0.543 e. The molecule has 2 N–H and O–H groups in total. The first-order valence-corrected chi connectivity index (χ1v) is 20.4. The lowest BCUT2D eigenvalue weighted by Crippen LogP contribution is -2.53. The molecule has 9 nitrogen and oxygen atoms in total. The van der Waals surface area contributed by atoms with Gasteiger partial charge < -0.3 is 19.0 Å². The summed E-state index contributed by atoms with van der Waals surface area (Å²) < 4.78 is 21.4. The van der Waals surface area contributed by atoms with Crippen molar-refractivity contribution in [3.63, 3.8) is 0 Å². The van der Waals surface area contributed by atoms with Crippen LogP contribution >= 0.6 is 12.2 Å². The van der Waals surface area contributed by atoms with E-state index in [2.05, 4.69) is 38.8 Å². The molecule has 0 unspecified atom stereocenters. The molecule has 2 atom stereocenters. The Balaban J connectivity index is 1.46. The number of carbonyl (C=O) groups excluding carboxylic acids is 1. The third-order valence-electron chi connectivity index (χ3n) is 10.0. The summed E-state index contributed by atoms with van der Waals surface area (Å²) in [5.74, 6) is -0.295. The van der Waals surface area contributed by atoms with Gasteiger partial charge in [0.2, 0.25) is 5.72 Å². The fourth-order valence-electron chi connectivity index (χ4n) is 6.31. The monoisotopic (exact) mass is 734 g/mol. The number of hydrogen-bond donors (Lipinski definition) is 2. The minimum Gasteiger partial charge on any atom is -0.543 e. The Labute approximate surface area is 309 Å². The number of aromatic nitrogens is 2. The van der Waals surface area contributed by atoms with Crippen molar-refractivity contribution < 1.29 is 23.8 Å². The highest BCUT2D eigenvalue weighted by atomic mass is 32.1. The van der Waals surface area contributed by atoms with Crippen LogP contribution in [0.4, 0.5) is 0 Å². The highest BCUT2D eigenvalue weighted by molar-refractivity contribution is 7.81. The topological polar surface area (TPSA) is 120 Å². The molecule has 1 aromatic heterocycles. The zero-order valence-electron chi connectivity index (χ0n) is 29.8. The third-order valence-corrected chi connectivity index (χ3v) is 14.8. The Morgan fingerprint density at radius 3 is 1.92 bits per heavy atom. The van der Waals surface area contributed by atoms with E-state index in [0.717, 1.165) is 27.3 Å². The van der Waals surface area contributed by atoms with E-state index < -0.39 is 42.8 Å². The van der Waals surface area contributed by atoms with Crippen LogP contribution in [-0.2, 0) is 25.6 Å². The molecule has 0 amide bonds. The van der Waals surface area contributed by atoms with Gasteiger partial charge in [0.25, 0.3) is 13.9 Å². The average Bonchev–Trinajstić information content (AvgIpc) is 3.45. The Morgan fingerprint density at radius 2 is 1.42 bits per heavy atom. The SMILES string of the molecule is CC(C)(C)[Si](C)(C)Oc1cc(O)ccc1C(=S)[C@]1(n2ccc(=O)[nH]c2=O)O[C@@H](COC(c2ccccc2)(c2ccccc2)c2ccccc2)CC1=O. The van der Waals surface area contributed by atoms with Gasteiger partial charge >= 0.3 is 5.69 Å². The number of rotatable bonds is 11. The number of ketones is 1. The number of aromatic amines is 1. The molecule has 0 saturated carbocycles. The van der Waals surface area contributed by atoms with Crippen LogP contribution < -0.4 is 15.7 Å². The van der Waals surface area contributed by atoms with Crippen LogP contribution in [0.1, 0.15) is 49.4 Å². The lowest BCUT2D eigenvalue weighted by Gasteiger charge is -2.38. The molecule has 0 bridgehead atoms. The third kappa shape index (κ3) is 6.72. The normalized spacial score (nSPS) is 17.9. The predicted molar refractivity (Wildman–Crippen MR) is 207 cm³/mol. The fourth-order valence-corrected chi connectivity index (χ4v) is 7.77. The molecule has 11 heteroatoms. The first-order valence-electron chi connectivity index (χ1n) is 17.1. The van der Waals surface area contributed by atoms with Crippen molar-refractivity contribution in [2.24, 2.45) is 0 Å². The summed E-state index contributed by atoms with van der Waals surface area (Å²) in [7, 11) is -2.50. The maximum atomic E-state index is 14.5. The molecule has 5 aromatic rings. The summed E-state index contributed by atoms with van der Waals surface area (Å²) in [6.45, 7) is 10.3. The molecule has 1 aliphatic heterocycles. The van der Waals surface area contributed by atoms with Crippen molar-refractivity contribution >= 4 is 31.2 Å². The van der Waals surface area contributed by atoms with Gasteiger partial charge in [-0.25, -0.2) is 4.79 Å². The summed E-state index contributed by atoms with van der Waals surface area (Å²) in [6.07, 6.45) is 0.184. The lowest BCUT2D eigenvalue weighted by molar-refractivity contribution is -0.138. The molecule has 2 heterocycles. The highest BCUT2D eigenvalue weighted by Crippen LogP contribution is 2.44. The Hall–Kier alpha value is -4.94. The molecule has 1 saturated heterocycles. The second-order valence-electron chi connectivity index (χ2n) is 14.5. The number of nitrogens with one attached hydrogen (secondary N) is 1. The van der Waals surface area contributed by atoms with E-state index in [4.69, 9.17) is 26.1 Å². The van der Waals surface area contributed by atoms with Crippen LogP contribution in [0, 0.1) is 0 Å². The van der Waals surface area contributed by atoms with Gasteiger partial charge in [0, 0.05) is 30.3 Å².